The summed E-state index contributed by atoms with van der Waals surface area (Å²) in [6.07, 6.45) is 12.4. The van der Waals surface area contributed by atoms with Crippen LogP contribution in [-0.2, 0) is 0 Å². The summed E-state index contributed by atoms with van der Waals surface area (Å²) in [5.41, 5.74) is 0.230. The van der Waals surface area contributed by atoms with Crippen LogP contribution < -0.4 is 0 Å². The maximum Gasteiger partial charge on any atom is 0.0499 e. The van der Waals surface area contributed by atoms with E-state index in [2.05, 4.69) is 11.8 Å². The zero-order valence-corrected chi connectivity index (χ0v) is 13.3. The van der Waals surface area contributed by atoms with Gasteiger partial charge in [0.2, 0.25) is 0 Å². The summed E-state index contributed by atoms with van der Waals surface area (Å²) in [6, 6.07) is 0. The van der Waals surface area contributed by atoms with Crippen molar-refractivity contribution in [3.8, 4) is 0 Å². The molecule has 0 radical (unpaired) electrons. The number of aliphatic hydroxyl groups excluding tert-OH is 1. The van der Waals surface area contributed by atoms with Crippen LogP contribution >= 0.6 is 0 Å². The third-order valence-corrected chi connectivity index (χ3v) is 6.60. The van der Waals surface area contributed by atoms with Gasteiger partial charge >= 0.3 is 0 Å². The third kappa shape index (κ3) is 3.22. The lowest BCUT2D eigenvalue weighted by Gasteiger charge is -2.46. The number of aliphatic hydroxyl groups is 1. The molecular weight excluding hydrogens is 246 g/mol. The van der Waals surface area contributed by atoms with Crippen LogP contribution in [0, 0.1) is 23.2 Å². The fourth-order valence-corrected chi connectivity index (χ4v) is 5.03. The zero-order chi connectivity index (χ0) is 14.0. The van der Waals surface area contributed by atoms with Crippen LogP contribution in [0.4, 0.5) is 0 Å². The minimum atomic E-state index is 0.230. The van der Waals surface area contributed by atoms with Crippen molar-refractivity contribution in [3.05, 3.63) is 0 Å². The summed E-state index contributed by atoms with van der Waals surface area (Å²) < 4.78 is 0. The molecule has 3 aliphatic rings. The molecule has 0 aromatic carbocycles. The van der Waals surface area contributed by atoms with Crippen LogP contribution in [0.5, 0.6) is 0 Å². The molecule has 1 aliphatic heterocycles. The maximum absolute atomic E-state index is 9.96. The molecule has 20 heavy (non-hydrogen) atoms. The Bertz CT molecular complexity index is 309. The van der Waals surface area contributed by atoms with E-state index in [4.69, 9.17) is 0 Å². The quantitative estimate of drug-likeness (QED) is 0.851. The van der Waals surface area contributed by atoms with Crippen molar-refractivity contribution >= 4 is 0 Å². The van der Waals surface area contributed by atoms with Gasteiger partial charge in [-0.1, -0.05) is 39.0 Å². The largest absolute Gasteiger partial charge is 0.396 e. The lowest BCUT2D eigenvalue weighted by Crippen LogP contribution is -2.48. The SMILES string of the molecule is CC1CCC(CO)(CN2CCC3CCCCC3C2)CC1. The van der Waals surface area contributed by atoms with Crippen molar-refractivity contribution in [2.45, 2.75) is 64.7 Å². The van der Waals surface area contributed by atoms with Gasteiger partial charge in [-0.3, -0.25) is 0 Å². The number of piperidine rings is 1. The Hall–Kier alpha value is -0.0800. The van der Waals surface area contributed by atoms with Crippen molar-refractivity contribution in [2.75, 3.05) is 26.2 Å². The lowest BCUT2D eigenvalue weighted by molar-refractivity contribution is -0.0000111. The Morgan fingerprint density at radius 1 is 1.00 bits per heavy atom. The van der Waals surface area contributed by atoms with Crippen molar-refractivity contribution in [1.82, 2.24) is 4.90 Å². The molecule has 2 unspecified atom stereocenters. The normalized spacial score (nSPS) is 43.2. The summed E-state index contributed by atoms with van der Waals surface area (Å²) in [4.78, 5) is 2.71. The Labute approximate surface area is 124 Å². The second-order valence-electron chi connectivity index (χ2n) is 8.17. The molecular formula is C18H33NO. The van der Waals surface area contributed by atoms with Crippen molar-refractivity contribution in [3.63, 3.8) is 0 Å². The molecule has 3 fully saturated rings. The van der Waals surface area contributed by atoms with Crippen LogP contribution in [0.3, 0.4) is 0 Å². The van der Waals surface area contributed by atoms with Crippen LogP contribution in [0.25, 0.3) is 0 Å². The van der Waals surface area contributed by atoms with Crippen molar-refractivity contribution in [2.24, 2.45) is 23.2 Å². The average molecular weight is 279 g/mol. The molecule has 116 valence electrons. The van der Waals surface area contributed by atoms with Gasteiger partial charge in [0.15, 0.2) is 0 Å². The smallest absolute Gasteiger partial charge is 0.0499 e. The second kappa shape index (κ2) is 6.36. The van der Waals surface area contributed by atoms with Gasteiger partial charge in [-0.2, -0.15) is 0 Å². The van der Waals surface area contributed by atoms with Crippen LogP contribution in [-0.4, -0.2) is 36.2 Å². The van der Waals surface area contributed by atoms with Gasteiger partial charge in [-0.15, -0.1) is 0 Å². The van der Waals surface area contributed by atoms with E-state index in [9.17, 15) is 5.11 Å². The molecule has 0 amide bonds. The molecule has 1 heterocycles. The number of likely N-dealkylation sites (tertiary alicyclic amines) is 1. The molecule has 1 N–H and O–H groups in total. The van der Waals surface area contributed by atoms with Gasteiger partial charge in [0.05, 0.1) is 0 Å². The van der Waals surface area contributed by atoms with Gasteiger partial charge in [0.1, 0.15) is 0 Å². The Morgan fingerprint density at radius 2 is 1.70 bits per heavy atom. The van der Waals surface area contributed by atoms with E-state index in [0.717, 1.165) is 17.8 Å². The molecule has 0 spiro atoms. The fourth-order valence-electron chi connectivity index (χ4n) is 5.03. The minimum Gasteiger partial charge on any atom is -0.396 e. The highest BCUT2D eigenvalue weighted by Crippen LogP contribution is 2.41. The topological polar surface area (TPSA) is 23.5 Å². The highest BCUT2D eigenvalue weighted by Gasteiger charge is 2.38. The predicted octanol–water partition coefficient (Wildman–Crippen LogP) is 3.69. The van der Waals surface area contributed by atoms with Gasteiger partial charge < -0.3 is 10.0 Å². The van der Waals surface area contributed by atoms with Crippen LogP contribution in [0.15, 0.2) is 0 Å². The van der Waals surface area contributed by atoms with Crippen molar-refractivity contribution in [1.29, 1.82) is 0 Å². The van der Waals surface area contributed by atoms with Crippen LogP contribution in [0.2, 0.25) is 0 Å². The van der Waals surface area contributed by atoms with Gasteiger partial charge in [-0.25, -0.2) is 0 Å². The molecule has 0 aromatic rings. The predicted molar refractivity (Wildman–Crippen MR) is 83.7 cm³/mol. The van der Waals surface area contributed by atoms with E-state index in [1.807, 2.05) is 0 Å². The third-order valence-electron chi connectivity index (χ3n) is 6.60. The Morgan fingerprint density at radius 3 is 2.40 bits per heavy atom. The first-order valence-electron chi connectivity index (χ1n) is 9.04. The van der Waals surface area contributed by atoms with Gasteiger partial charge in [-0.05, 0) is 50.0 Å². The molecule has 1 saturated heterocycles. The van der Waals surface area contributed by atoms with E-state index < -0.39 is 0 Å². The molecule has 3 rings (SSSR count). The highest BCUT2D eigenvalue weighted by atomic mass is 16.3. The van der Waals surface area contributed by atoms with E-state index in [0.29, 0.717) is 6.61 Å². The molecule has 2 saturated carbocycles. The monoisotopic (exact) mass is 279 g/mol. The summed E-state index contributed by atoms with van der Waals surface area (Å²) in [5, 5.41) is 9.96. The average Bonchev–Trinajstić information content (AvgIpc) is 2.50. The number of hydrogen-bond donors (Lipinski definition) is 1. The number of hydrogen-bond acceptors (Lipinski definition) is 2. The number of fused-ring (bicyclic) bond motifs is 1. The van der Waals surface area contributed by atoms with Gasteiger partial charge in [0.25, 0.3) is 0 Å². The zero-order valence-electron chi connectivity index (χ0n) is 13.3. The van der Waals surface area contributed by atoms with E-state index in [1.54, 1.807) is 0 Å². The van der Waals surface area contributed by atoms with E-state index in [1.165, 1.54) is 77.4 Å². The first-order valence-corrected chi connectivity index (χ1v) is 9.04. The fraction of sp³-hybridized carbons (Fsp3) is 1.00. The molecule has 0 aromatic heterocycles. The Kier molecular flexibility index (Phi) is 4.72. The molecule has 2 aliphatic carbocycles. The first-order chi connectivity index (χ1) is 9.71. The van der Waals surface area contributed by atoms with Gasteiger partial charge in [0, 0.05) is 25.1 Å². The van der Waals surface area contributed by atoms with E-state index >= 15 is 0 Å². The summed E-state index contributed by atoms with van der Waals surface area (Å²) >= 11 is 0. The highest BCUT2D eigenvalue weighted by molar-refractivity contribution is 4.90. The Balaban J connectivity index is 1.56. The molecule has 2 atom stereocenters. The number of rotatable bonds is 3. The molecule has 2 heteroatoms. The summed E-state index contributed by atoms with van der Waals surface area (Å²) in [6.45, 7) is 6.55. The summed E-state index contributed by atoms with van der Waals surface area (Å²) in [7, 11) is 0. The summed E-state index contributed by atoms with van der Waals surface area (Å²) in [5.74, 6) is 2.87. The maximum atomic E-state index is 9.96. The minimum absolute atomic E-state index is 0.230. The number of nitrogens with zero attached hydrogens (tertiary/aromatic N) is 1. The molecule has 2 nitrogen and oxygen atoms in total. The van der Waals surface area contributed by atoms with Crippen molar-refractivity contribution < 1.29 is 5.11 Å². The molecule has 0 bridgehead atoms. The van der Waals surface area contributed by atoms with Crippen LogP contribution in [0.1, 0.15) is 64.7 Å². The lowest BCUT2D eigenvalue weighted by atomic mass is 9.70. The standard InChI is InChI=1S/C18H33NO/c1-15-6-9-18(14-20,10-7-15)13-19-11-8-16-4-2-3-5-17(16)12-19/h15-17,20H,2-14H2,1H3. The second-order valence-corrected chi connectivity index (χ2v) is 8.17. The van der Waals surface area contributed by atoms with E-state index in [-0.39, 0.29) is 5.41 Å². The first kappa shape index (κ1) is 14.8.